The number of hydrogen-bond donors (Lipinski definition) is 2. The van der Waals surface area contributed by atoms with Crippen LogP contribution in [-0.4, -0.2) is 30.8 Å². The zero-order valence-corrected chi connectivity index (χ0v) is 16.8. The van der Waals surface area contributed by atoms with Gasteiger partial charge in [-0.25, -0.2) is 0 Å². The molecule has 0 bridgehead atoms. The number of anilines is 1. The van der Waals surface area contributed by atoms with Crippen molar-refractivity contribution in [2.75, 3.05) is 5.32 Å². The lowest BCUT2D eigenvalue weighted by molar-refractivity contribution is 0.0981. The molecule has 7 nitrogen and oxygen atoms in total. The Morgan fingerprint density at radius 1 is 1.22 bits per heavy atom. The summed E-state index contributed by atoms with van der Waals surface area (Å²) in [6, 6.07) is 9.48. The Labute approximate surface area is 168 Å². The summed E-state index contributed by atoms with van der Waals surface area (Å²) < 4.78 is 1.73. The monoisotopic (exact) mass is 414 g/mol. The number of thiocarbonyl (C=S) groups is 1. The Morgan fingerprint density at radius 2 is 2.07 bits per heavy atom. The highest BCUT2D eigenvalue weighted by molar-refractivity contribution is 7.80. The van der Waals surface area contributed by atoms with Crippen LogP contribution in [-0.2, 0) is 0 Å². The Hall–Kier alpha value is -2.69. The van der Waals surface area contributed by atoms with E-state index in [9.17, 15) is 4.79 Å². The van der Waals surface area contributed by atoms with Gasteiger partial charge in [-0.2, -0.15) is 9.61 Å². The lowest BCUT2D eigenvalue weighted by Gasteiger charge is -2.12. The Morgan fingerprint density at radius 3 is 2.78 bits per heavy atom. The molecular formula is C17H14N6OS3. The van der Waals surface area contributed by atoms with Crippen LogP contribution >= 0.6 is 34.9 Å². The third kappa shape index (κ3) is 3.59. The van der Waals surface area contributed by atoms with Crippen LogP contribution in [0.3, 0.4) is 0 Å². The summed E-state index contributed by atoms with van der Waals surface area (Å²) in [6.45, 7) is 3.84. The van der Waals surface area contributed by atoms with E-state index in [1.807, 2.05) is 43.5 Å². The van der Waals surface area contributed by atoms with E-state index in [0.717, 1.165) is 32.6 Å². The van der Waals surface area contributed by atoms with Gasteiger partial charge in [0.1, 0.15) is 5.01 Å². The summed E-state index contributed by atoms with van der Waals surface area (Å²) in [7, 11) is 0. The number of hydrogen-bond acceptors (Lipinski definition) is 7. The lowest BCUT2D eigenvalue weighted by atomic mass is 10.1. The fraction of sp³-hybridized carbons (Fsp3) is 0.118. The fourth-order valence-corrected chi connectivity index (χ4v) is 4.20. The lowest BCUT2D eigenvalue weighted by Crippen LogP contribution is -2.33. The minimum absolute atomic E-state index is 0.216. The van der Waals surface area contributed by atoms with Gasteiger partial charge in [-0.1, -0.05) is 17.4 Å². The van der Waals surface area contributed by atoms with Crippen molar-refractivity contribution in [1.82, 2.24) is 25.1 Å². The second-order valence-electron chi connectivity index (χ2n) is 5.76. The predicted octanol–water partition coefficient (Wildman–Crippen LogP) is 3.66. The van der Waals surface area contributed by atoms with Crippen LogP contribution in [0, 0.1) is 13.8 Å². The van der Waals surface area contributed by atoms with Crippen molar-refractivity contribution in [2.24, 2.45) is 0 Å². The molecule has 0 aliphatic heterocycles. The maximum absolute atomic E-state index is 12.1. The minimum Gasteiger partial charge on any atom is -0.332 e. The number of amides is 1. The standard InChI is InChI=1S/C17H14N6OS3/c1-9-8-11(15-22-23-10(2)20-21-17(23)27-15)5-6-12(9)18-16(25)19-14(24)13-4-3-7-26-13/h3-8H,1-2H3,(H2,18,19,24,25). The molecule has 0 aliphatic rings. The summed E-state index contributed by atoms with van der Waals surface area (Å²) >= 11 is 8.10. The number of aromatic nitrogens is 4. The highest BCUT2D eigenvalue weighted by Gasteiger charge is 2.13. The summed E-state index contributed by atoms with van der Waals surface area (Å²) in [5.41, 5.74) is 2.80. The quantitative estimate of drug-likeness (QED) is 0.498. The van der Waals surface area contributed by atoms with Gasteiger partial charge >= 0.3 is 0 Å². The average molecular weight is 415 g/mol. The van der Waals surface area contributed by atoms with Crippen LogP contribution in [0.1, 0.15) is 21.1 Å². The first kappa shape index (κ1) is 17.7. The maximum atomic E-state index is 12.1. The number of carbonyl (C=O) groups is 1. The molecular weight excluding hydrogens is 400 g/mol. The molecule has 0 radical (unpaired) electrons. The van der Waals surface area contributed by atoms with Gasteiger partial charge in [0.25, 0.3) is 5.91 Å². The molecule has 0 aliphatic carbocycles. The number of rotatable bonds is 3. The van der Waals surface area contributed by atoms with Crippen LogP contribution in [0.2, 0.25) is 0 Å². The molecule has 0 saturated heterocycles. The van der Waals surface area contributed by atoms with Crippen LogP contribution in [0.25, 0.3) is 15.5 Å². The van der Waals surface area contributed by atoms with Gasteiger partial charge in [0, 0.05) is 11.3 Å². The summed E-state index contributed by atoms with van der Waals surface area (Å²) in [5.74, 6) is 0.543. The largest absolute Gasteiger partial charge is 0.332 e. The Kier molecular flexibility index (Phi) is 4.68. The molecule has 0 unspecified atom stereocenters. The molecule has 0 atom stereocenters. The third-order valence-corrected chi connectivity index (χ3v) is 5.86. The van der Waals surface area contributed by atoms with E-state index in [0.29, 0.717) is 4.88 Å². The van der Waals surface area contributed by atoms with E-state index in [2.05, 4.69) is 25.9 Å². The third-order valence-electron chi connectivity index (χ3n) is 3.84. The molecule has 3 heterocycles. The minimum atomic E-state index is -0.216. The number of thiophene rings is 1. The van der Waals surface area contributed by atoms with Crippen molar-refractivity contribution < 1.29 is 4.79 Å². The van der Waals surface area contributed by atoms with Crippen molar-refractivity contribution >= 4 is 56.6 Å². The average Bonchev–Trinajstić information content (AvgIpc) is 3.36. The van der Waals surface area contributed by atoms with Crippen LogP contribution in [0.5, 0.6) is 0 Å². The molecule has 1 aromatic carbocycles. The molecule has 1 amide bonds. The normalized spacial score (nSPS) is 10.9. The van der Waals surface area contributed by atoms with Crippen LogP contribution < -0.4 is 10.6 Å². The van der Waals surface area contributed by atoms with Crippen LogP contribution in [0.4, 0.5) is 5.69 Å². The fourth-order valence-electron chi connectivity index (χ4n) is 2.49. The number of fused-ring (bicyclic) bond motifs is 1. The summed E-state index contributed by atoms with van der Waals surface area (Å²) in [5, 5.41) is 21.4. The molecule has 2 N–H and O–H groups in total. The molecule has 10 heteroatoms. The van der Waals surface area contributed by atoms with E-state index in [-0.39, 0.29) is 11.0 Å². The number of carbonyl (C=O) groups excluding carboxylic acids is 1. The van der Waals surface area contributed by atoms with Gasteiger partial charge < -0.3 is 5.32 Å². The zero-order chi connectivity index (χ0) is 19.0. The second kappa shape index (κ2) is 7.14. The predicted molar refractivity (Wildman–Crippen MR) is 112 cm³/mol. The number of aryl methyl sites for hydroxylation is 2. The first-order valence-electron chi connectivity index (χ1n) is 7.97. The smallest absolute Gasteiger partial charge is 0.267 e. The highest BCUT2D eigenvalue weighted by Crippen LogP contribution is 2.28. The topological polar surface area (TPSA) is 84.2 Å². The molecule has 136 valence electrons. The van der Waals surface area contributed by atoms with Gasteiger partial charge in [0.05, 0.1) is 4.88 Å². The first-order chi connectivity index (χ1) is 13.0. The summed E-state index contributed by atoms with van der Waals surface area (Å²) in [4.78, 5) is 13.4. The van der Waals surface area contributed by atoms with E-state index in [4.69, 9.17) is 12.2 Å². The van der Waals surface area contributed by atoms with Crippen molar-refractivity contribution in [3.05, 3.63) is 52.0 Å². The Balaban J connectivity index is 1.49. The van der Waals surface area contributed by atoms with Crippen molar-refractivity contribution in [2.45, 2.75) is 13.8 Å². The van der Waals surface area contributed by atoms with E-state index < -0.39 is 0 Å². The molecule has 4 aromatic rings. The first-order valence-corrected chi connectivity index (χ1v) is 10.1. The second-order valence-corrected chi connectivity index (χ2v) is 8.08. The van der Waals surface area contributed by atoms with Crippen molar-refractivity contribution in [1.29, 1.82) is 0 Å². The molecule has 4 rings (SSSR count). The zero-order valence-electron chi connectivity index (χ0n) is 14.4. The van der Waals surface area contributed by atoms with Gasteiger partial charge in [0.2, 0.25) is 4.96 Å². The SMILES string of the molecule is Cc1cc(-c2nn3c(C)nnc3s2)ccc1NC(=S)NC(=O)c1cccs1. The summed E-state index contributed by atoms with van der Waals surface area (Å²) in [6.07, 6.45) is 0. The van der Waals surface area contributed by atoms with Crippen LogP contribution in [0.15, 0.2) is 35.7 Å². The molecule has 0 saturated carbocycles. The number of nitrogens with zero attached hydrogens (tertiary/aromatic N) is 4. The van der Waals surface area contributed by atoms with Gasteiger partial charge in [-0.3, -0.25) is 10.1 Å². The van der Waals surface area contributed by atoms with E-state index in [1.54, 1.807) is 10.6 Å². The van der Waals surface area contributed by atoms with E-state index >= 15 is 0 Å². The van der Waals surface area contributed by atoms with Gasteiger partial charge in [0.15, 0.2) is 10.9 Å². The number of nitrogens with one attached hydrogen (secondary N) is 2. The van der Waals surface area contributed by atoms with Gasteiger partial charge in [-0.05, 0) is 61.3 Å². The van der Waals surface area contributed by atoms with Crippen molar-refractivity contribution in [3.8, 4) is 10.6 Å². The van der Waals surface area contributed by atoms with Gasteiger partial charge in [-0.15, -0.1) is 21.5 Å². The number of benzene rings is 1. The molecule has 0 spiro atoms. The Bertz CT molecular complexity index is 1150. The highest BCUT2D eigenvalue weighted by atomic mass is 32.1. The molecule has 27 heavy (non-hydrogen) atoms. The maximum Gasteiger partial charge on any atom is 0.267 e. The molecule has 0 fully saturated rings. The molecule has 3 aromatic heterocycles. The van der Waals surface area contributed by atoms with Crippen molar-refractivity contribution in [3.63, 3.8) is 0 Å². The van der Waals surface area contributed by atoms with E-state index in [1.165, 1.54) is 22.7 Å².